The van der Waals surface area contributed by atoms with E-state index in [2.05, 4.69) is 38.8 Å². The Morgan fingerprint density at radius 2 is 2.33 bits per heavy atom. The standard InChI is InChI=1S/C12H17BrN2/c1-2-8-15(11-5-6-11)12-10(9-13)4-3-7-14-12/h3-4,7,11H,2,5-6,8-9H2,1H3. The van der Waals surface area contributed by atoms with Crippen LogP contribution in [0.1, 0.15) is 31.7 Å². The lowest BCUT2D eigenvalue weighted by molar-refractivity contribution is 0.747. The Balaban J connectivity index is 2.23. The number of hydrogen-bond acceptors (Lipinski definition) is 2. The van der Waals surface area contributed by atoms with Gasteiger partial charge in [-0.3, -0.25) is 0 Å². The van der Waals surface area contributed by atoms with Crippen LogP contribution in [0.5, 0.6) is 0 Å². The molecule has 1 aromatic rings. The molecular weight excluding hydrogens is 252 g/mol. The van der Waals surface area contributed by atoms with Gasteiger partial charge in [-0.15, -0.1) is 0 Å². The molecule has 0 spiro atoms. The molecule has 0 radical (unpaired) electrons. The minimum atomic E-state index is 0.748. The molecule has 0 N–H and O–H groups in total. The van der Waals surface area contributed by atoms with E-state index < -0.39 is 0 Å². The smallest absolute Gasteiger partial charge is 0.132 e. The molecule has 0 amide bonds. The second kappa shape index (κ2) is 4.97. The van der Waals surface area contributed by atoms with Gasteiger partial charge in [0.1, 0.15) is 5.82 Å². The summed E-state index contributed by atoms with van der Waals surface area (Å²) in [6.07, 6.45) is 5.75. The monoisotopic (exact) mass is 268 g/mol. The number of pyridine rings is 1. The molecule has 82 valence electrons. The molecule has 0 aromatic carbocycles. The molecule has 0 unspecified atom stereocenters. The Morgan fingerprint density at radius 3 is 2.93 bits per heavy atom. The second-order valence-electron chi connectivity index (χ2n) is 4.04. The quantitative estimate of drug-likeness (QED) is 0.762. The molecule has 2 nitrogen and oxygen atoms in total. The molecule has 0 aliphatic heterocycles. The summed E-state index contributed by atoms with van der Waals surface area (Å²) < 4.78 is 0. The summed E-state index contributed by atoms with van der Waals surface area (Å²) in [5, 5.41) is 0.892. The molecule has 3 heteroatoms. The van der Waals surface area contributed by atoms with Gasteiger partial charge in [-0.1, -0.05) is 28.9 Å². The van der Waals surface area contributed by atoms with Crippen molar-refractivity contribution >= 4 is 21.7 Å². The Kier molecular flexibility index (Phi) is 3.62. The topological polar surface area (TPSA) is 16.1 Å². The fraction of sp³-hybridized carbons (Fsp3) is 0.583. The highest BCUT2D eigenvalue weighted by atomic mass is 79.9. The average molecular weight is 269 g/mol. The Labute approximate surface area is 99.8 Å². The maximum atomic E-state index is 4.53. The molecule has 1 aromatic heterocycles. The molecule has 1 aliphatic rings. The van der Waals surface area contributed by atoms with Crippen molar-refractivity contribution in [1.29, 1.82) is 0 Å². The van der Waals surface area contributed by atoms with Crippen LogP contribution in [0.2, 0.25) is 0 Å². The van der Waals surface area contributed by atoms with E-state index in [0.717, 1.165) is 17.9 Å². The van der Waals surface area contributed by atoms with E-state index in [-0.39, 0.29) is 0 Å². The molecule has 15 heavy (non-hydrogen) atoms. The van der Waals surface area contributed by atoms with E-state index in [9.17, 15) is 0 Å². The van der Waals surface area contributed by atoms with E-state index in [0.29, 0.717) is 0 Å². The van der Waals surface area contributed by atoms with Crippen LogP contribution in [0.3, 0.4) is 0 Å². The second-order valence-corrected chi connectivity index (χ2v) is 4.61. The van der Waals surface area contributed by atoms with Gasteiger partial charge in [0, 0.05) is 29.7 Å². The van der Waals surface area contributed by atoms with Gasteiger partial charge in [0.25, 0.3) is 0 Å². The maximum absolute atomic E-state index is 4.53. The highest BCUT2D eigenvalue weighted by Crippen LogP contribution is 2.32. The van der Waals surface area contributed by atoms with Crippen LogP contribution in [-0.2, 0) is 5.33 Å². The third-order valence-corrected chi connectivity index (χ3v) is 3.34. The first-order valence-corrected chi connectivity index (χ1v) is 6.75. The van der Waals surface area contributed by atoms with E-state index in [4.69, 9.17) is 0 Å². The minimum absolute atomic E-state index is 0.748. The highest BCUT2D eigenvalue weighted by molar-refractivity contribution is 9.08. The number of hydrogen-bond donors (Lipinski definition) is 0. The number of halogens is 1. The summed E-state index contributed by atoms with van der Waals surface area (Å²) in [6.45, 7) is 3.35. The third-order valence-electron chi connectivity index (χ3n) is 2.74. The average Bonchev–Trinajstić information content (AvgIpc) is 3.10. The van der Waals surface area contributed by atoms with Crippen molar-refractivity contribution in [1.82, 2.24) is 4.98 Å². The van der Waals surface area contributed by atoms with Gasteiger partial charge < -0.3 is 4.90 Å². The van der Waals surface area contributed by atoms with Crippen molar-refractivity contribution in [2.45, 2.75) is 37.6 Å². The first-order valence-electron chi connectivity index (χ1n) is 5.63. The Morgan fingerprint density at radius 1 is 1.53 bits per heavy atom. The molecule has 1 aliphatic carbocycles. The van der Waals surface area contributed by atoms with Gasteiger partial charge in [0.15, 0.2) is 0 Å². The zero-order valence-corrected chi connectivity index (χ0v) is 10.7. The molecule has 2 rings (SSSR count). The number of aromatic nitrogens is 1. The summed E-state index contributed by atoms with van der Waals surface area (Å²) in [5.41, 5.74) is 1.30. The first-order chi connectivity index (χ1) is 7.36. The Bertz CT molecular complexity index is 323. The van der Waals surface area contributed by atoms with E-state index in [1.54, 1.807) is 0 Å². The maximum Gasteiger partial charge on any atom is 0.132 e. The van der Waals surface area contributed by atoms with E-state index in [1.807, 2.05) is 12.3 Å². The number of alkyl halides is 1. The van der Waals surface area contributed by atoms with E-state index >= 15 is 0 Å². The summed E-state index contributed by atoms with van der Waals surface area (Å²) in [5.74, 6) is 1.18. The van der Waals surface area contributed by atoms with Crippen LogP contribution < -0.4 is 4.90 Å². The van der Waals surface area contributed by atoms with E-state index in [1.165, 1.54) is 30.6 Å². The highest BCUT2D eigenvalue weighted by Gasteiger charge is 2.30. The van der Waals surface area contributed by atoms with Crippen LogP contribution in [0.25, 0.3) is 0 Å². The summed E-state index contributed by atoms with van der Waals surface area (Å²) in [6, 6.07) is 4.91. The minimum Gasteiger partial charge on any atom is -0.353 e. The Hall–Kier alpha value is -0.570. The SMILES string of the molecule is CCCN(c1ncccc1CBr)C1CC1. The zero-order chi connectivity index (χ0) is 10.7. The summed E-state index contributed by atoms with van der Waals surface area (Å²) in [4.78, 5) is 6.99. The third kappa shape index (κ3) is 2.51. The first kappa shape index (κ1) is 10.9. The molecule has 0 bridgehead atoms. The fourth-order valence-electron chi connectivity index (χ4n) is 1.88. The van der Waals surface area contributed by atoms with Crippen molar-refractivity contribution in [3.8, 4) is 0 Å². The molecule has 0 atom stereocenters. The zero-order valence-electron chi connectivity index (χ0n) is 9.12. The molecule has 1 heterocycles. The lowest BCUT2D eigenvalue weighted by Crippen LogP contribution is -2.28. The van der Waals surface area contributed by atoms with Crippen molar-refractivity contribution in [3.05, 3.63) is 23.9 Å². The van der Waals surface area contributed by atoms with Crippen LogP contribution in [0.4, 0.5) is 5.82 Å². The lowest BCUT2D eigenvalue weighted by atomic mass is 10.2. The van der Waals surface area contributed by atoms with Gasteiger partial charge in [-0.25, -0.2) is 4.98 Å². The molecule has 1 saturated carbocycles. The van der Waals surface area contributed by atoms with Crippen molar-refractivity contribution in [2.75, 3.05) is 11.4 Å². The van der Waals surface area contributed by atoms with Gasteiger partial charge in [-0.2, -0.15) is 0 Å². The van der Waals surface area contributed by atoms with Crippen molar-refractivity contribution < 1.29 is 0 Å². The van der Waals surface area contributed by atoms with Crippen LogP contribution in [0.15, 0.2) is 18.3 Å². The normalized spacial score (nSPS) is 15.3. The van der Waals surface area contributed by atoms with Crippen LogP contribution in [0, 0.1) is 0 Å². The fourth-order valence-corrected chi connectivity index (χ4v) is 2.32. The van der Waals surface area contributed by atoms with Crippen LogP contribution >= 0.6 is 15.9 Å². The summed E-state index contributed by atoms with van der Waals surface area (Å²) in [7, 11) is 0. The van der Waals surface area contributed by atoms with Crippen LogP contribution in [-0.4, -0.2) is 17.6 Å². The number of rotatable bonds is 5. The lowest BCUT2D eigenvalue weighted by Gasteiger charge is -2.24. The summed E-state index contributed by atoms with van der Waals surface area (Å²) >= 11 is 3.53. The molecule has 1 fully saturated rings. The van der Waals surface area contributed by atoms with Crippen molar-refractivity contribution in [3.63, 3.8) is 0 Å². The van der Waals surface area contributed by atoms with Gasteiger partial charge in [-0.05, 0) is 25.3 Å². The molecule has 0 saturated heterocycles. The van der Waals surface area contributed by atoms with Gasteiger partial charge >= 0.3 is 0 Å². The van der Waals surface area contributed by atoms with Gasteiger partial charge in [0.05, 0.1) is 0 Å². The number of nitrogens with zero attached hydrogens (tertiary/aromatic N) is 2. The molecular formula is C12H17BrN2. The van der Waals surface area contributed by atoms with Crippen molar-refractivity contribution in [2.24, 2.45) is 0 Å². The largest absolute Gasteiger partial charge is 0.353 e. The predicted molar refractivity (Wildman–Crippen MR) is 67.5 cm³/mol. The van der Waals surface area contributed by atoms with Gasteiger partial charge in [0.2, 0.25) is 0 Å². The number of anilines is 1. The predicted octanol–water partition coefficient (Wildman–Crippen LogP) is 3.36.